The molecule has 1 N–H and O–H groups in total. The van der Waals surface area contributed by atoms with Crippen LogP contribution in [-0.4, -0.2) is 37.5 Å². The predicted molar refractivity (Wildman–Crippen MR) is 134 cm³/mol. The number of aromatic amines is 1. The topological polar surface area (TPSA) is 81.5 Å². The van der Waals surface area contributed by atoms with Crippen molar-refractivity contribution in [2.45, 2.75) is 65.5 Å². The fraction of sp³-hybridized carbons (Fsp3) is 0.407. The third-order valence-electron chi connectivity index (χ3n) is 6.02. The largest absolute Gasteiger partial charge is 0.378 e. The van der Waals surface area contributed by atoms with E-state index >= 15 is 0 Å². The average molecular weight is 459 g/mol. The van der Waals surface area contributed by atoms with E-state index in [-0.39, 0.29) is 5.54 Å². The summed E-state index contributed by atoms with van der Waals surface area (Å²) in [6, 6.07) is 16.9. The number of hydrogen-bond donors (Lipinski definition) is 1. The summed E-state index contributed by atoms with van der Waals surface area (Å²) in [4.78, 5) is 0. The van der Waals surface area contributed by atoms with E-state index in [1.165, 1.54) is 16.8 Å². The number of ether oxygens (including phenoxy) is 1. The number of tetrazole rings is 1. The second kappa shape index (κ2) is 10.3. The normalized spacial score (nSPS) is 11.8. The van der Waals surface area contributed by atoms with Crippen molar-refractivity contribution in [3.8, 4) is 22.5 Å². The molecule has 0 saturated carbocycles. The first-order chi connectivity index (χ1) is 16.4. The molecule has 0 spiro atoms. The summed E-state index contributed by atoms with van der Waals surface area (Å²) in [6.07, 6.45) is 4.16. The number of methoxy groups -OCH3 is 1. The summed E-state index contributed by atoms with van der Waals surface area (Å²) in [6.45, 7) is 9.40. The van der Waals surface area contributed by atoms with Crippen molar-refractivity contribution < 1.29 is 4.74 Å². The lowest BCUT2D eigenvalue weighted by atomic mass is 9.95. The minimum absolute atomic E-state index is 0.0768. The molecule has 34 heavy (non-hydrogen) atoms. The van der Waals surface area contributed by atoms with Gasteiger partial charge in [-0.25, -0.2) is 0 Å². The van der Waals surface area contributed by atoms with Gasteiger partial charge in [-0.3, -0.25) is 4.68 Å². The molecule has 178 valence electrons. The minimum atomic E-state index is -0.0768. The quantitative estimate of drug-likeness (QED) is 0.355. The Hall–Kier alpha value is -3.32. The van der Waals surface area contributed by atoms with E-state index in [2.05, 4.69) is 83.3 Å². The van der Waals surface area contributed by atoms with Crippen molar-refractivity contribution in [2.75, 3.05) is 7.11 Å². The van der Waals surface area contributed by atoms with Crippen LogP contribution in [0.4, 0.5) is 0 Å². The number of hydrogen-bond acceptors (Lipinski definition) is 5. The summed E-state index contributed by atoms with van der Waals surface area (Å²) in [7, 11) is 1.74. The standard InChI is InChI=1S/C27H34N6O/c1-6-7-12-25-23(24(18-34-5)30-33(25)27(2,3)4)17-19-13-15-20(16-14-19)21-10-8-9-11-22(21)26-28-31-32-29-26/h8-11,13-16H,6-7,12,17-18H2,1-5H3,(H,28,29,31,32). The maximum Gasteiger partial charge on any atom is 0.205 e. The van der Waals surface area contributed by atoms with Crippen LogP contribution in [0.1, 0.15) is 63.1 Å². The van der Waals surface area contributed by atoms with Crippen LogP contribution < -0.4 is 0 Å². The highest BCUT2D eigenvalue weighted by atomic mass is 16.5. The number of unbranched alkanes of at least 4 members (excludes halogenated alkanes) is 1. The Morgan fingerprint density at radius 3 is 2.35 bits per heavy atom. The molecule has 0 aliphatic carbocycles. The third-order valence-corrected chi connectivity index (χ3v) is 6.02. The number of aromatic nitrogens is 6. The van der Waals surface area contributed by atoms with Crippen LogP contribution in [0, 0.1) is 0 Å². The van der Waals surface area contributed by atoms with E-state index in [4.69, 9.17) is 9.84 Å². The van der Waals surface area contributed by atoms with E-state index < -0.39 is 0 Å². The lowest BCUT2D eigenvalue weighted by molar-refractivity contribution is 0.179. The molecule has 0 radical (unpaired) electrons. The summed E-state index contributed by atoms with van der Waals surface area (Å²) < 4.78 is 7.73. The highest BCUT2D eigenvalue weighted by Gasteiger charge is 2.24. The van der Waals surface area contributed by atoms with Crippen molar-refractivity contribution in [1.29, 1.82) is 0 Å². The lowest BCUT2D eigenvalue weighted by Crippen LogP contribution is -2.25. The van der Waals surface area contributed by atoms with Gasteiger partial charge in [0, 0.05) is 30.4 Å². The van der Waals surface area contributed by atoms with Gasteiger partial charge in [0.05, 0.1) is 17.8 Å². The van der Waals surface area contributed by atoms with Gasteiger partial charge in [0.15, 0.2) is 0 Å². The van der Waals surface area contributed by atoms with E-state index in [1.807, 2.05) is 18.2 Å². The lowest BCUT2D eigenvalue weighted by Gasteiger charge is -2.23. The van der Waals surface area contributed by atoms with Gasteiger partial charge < -0.3 is 4.74 Å². The monoisotopic (exact) mass is 458 g/mol. The highest BCUT2D eigenvalue weighted by Crippen LogP contribution is 2.31. The third kappa shape index (κ3) is 5.09. The maximum absolute atomic E-state index is 5.52. The second-order valence-corrected chi connectivity index (χ2v) is 9.65. The molecule has 0 unspecified atom stereocenters. The van der Waals surface area contributed by atoms with Gasteiger partial charge in [-0.15, -0.1) is 10.2 Å². The van der Waals surface area contributed by atoms with Gasteiger partial charge in [-0.2, -0.15) is 10.3 Å². The average Bonchev–Trinajstić information content (AvgIpc) is 3.47. The Labute approximate surface area is 201 Å². The summed E-state index contributed by atoms with van der Waals surface area (Å²) >= 11 is 0. The maximum atomic E-state index is 5.52. The first-order valence-electron chi connectivity index (χ1n) is 11.9. The van der Waals surface area contributed by atoms with Crippen LogP contribution in [0.3, 0.4) is 0 Å². The molecule has 0 saturated heterocycles. The van der Waals surface area contributed by atoms with Crippen molar-refractivity contribution in [3.05, 3.63) is 71.0 Å². The first kappa shape index (κ1) is 23.8. The van der Waals surface area contributed by atoms with Crippen molar-refractivity contribution in [2.24, 2.45) is 0 Å². The van der Waals surface area contributed by atoms with Crippen LogP contribution in [0.15, 0.2) is 48.5 Å². The van der Waals surface area contributed by atoms with Gasteiger partial charge in [0.2, 0.25) is 5.82 Å². The van der Waals surface area contributed by atoms with Gasteiger partial charge in [0.25, 0.3) is 0 Å². The van der Waals surface area contributed by atoms with E-state index in [1.54, 1.807) is 7.11 Å². The first-order valence-corrected chi connectivity index (χ1v) is 11.9. The summed E-state index contributed by atoms with van der Waals surface area (Å²) in [5.41, 5.74) is 8.00. The van der Waals surface area contributed by atoms with Gasteiger partial charge in [-0.05, 0) is 55.5 Å². The molecule has 0 fully saturated rings. The smallest absolute Gasteiger partial charge is 0.205 e. The predicted octanol–water partition coefficient (Wildman–Crippen LogP) is 5.57. The van der Waals surface area contributed by atoms with Crippen LogP contribution >= 0.6 is 0 Å². The zero-order valence-electron chi connectivity index (χ0n) is 20.8. The molecule has 2 aromatic carbocycles. The van der Waals surface area contributed by atoms with Crippen molar-refractivity contribution in [3.63, 3.8) is 0 Å². The second-order valence-electron chi connectivity index (χ2n) is 9.65. The number of H-pyrrole nitrogens is 1. The highest BCUT2D eigenvalue weighted by molar-refractivity contribution is 5.80. The zero-order chi connectivity index (χ0) is 24.1. The van der Waals surface area contributed by atoms with Gasteiger partial charge in [-0.1, -0.05) is 61.9 Å². The molecule has 7 heteroatoms. The number of benzene rings is 2. The Morgan fingerprint density at radius 2 is 1.74 bits per heavy atom. The number of rotatable bonds is 9. The molecular formula is C27H34N6O. The molecular weight excluding hydrogens is 424 g/mol. The fourth-order valence-corrected chi connectivity index (χ4v) is 4.36. The minimum Gasteiger partial charge on any atom is -0.378 e. The van der Waals surface area contributed by atoms with Gasteiger partial charge in [0.1, 0.15) is 0 Å². The molecule has 0 aliphatic heterocycles. The Morgan fingerprint density at radius 1 is 1.00 bits per heavy atom. The van der Waals surface area contributed by atoms with E-state index in [0.29, 0.717) is 12.4 Å². The molecule has 2 heterocycles. The molecule has 0 aliphatic rings. The molecule has 7 nitrogen and oxygen atoms in total. The number of nitrogens with zero attached hydrogens (tertiary/aromatic N) is 5. The Kier molecular flexibility index (Phi) is 7.22. The van der Waals surface area contributed by atoms with E-state index in [9.17, 15) is 0 Å². The molecule has 0 atom stereocenters. The Balaban J connectivity index is 1.67. The van der Waals surface area contributed by atoms with Gasteiger partial charge >= 0.3 is 0 Å². The zero-order valence-corrected chi connectivity index (χ0v) is 20.8. The summed E-state index contributed by atoms with van der Waals surface area (Å²) in [5.74, 6) is 0.596. The molecule has 4 aromatic rings. The SMILES string of the molecule is CCCCc1c(Cc2ccc(-c3ccccc3-c3nn[nH]n3)cc2)c(COC)nn1C(C)(C)C. The molecule has 2 aromatic heterocycles. The van der Waals surface area contributed by atoms with Crippen molar-refractivity contribution in [1.82, 2.24) is 30.4 Å². The van der Waals surface area contributed by atoms with Crippen LogP contribution in [0.25, 0.3) is 22.5 Å². The van der Waals surface area contributed by atoms with Crippen LogP contribution in [0.5, 0.6) is 0 Å². The molecule has 0 amide bonds. The van der Waals surface area contributed by atoms with E-state index in [0.717, 1.165) is 48.1 Å². The Bertz CT molecular complexity index is 1200. The molecule has 0 bridgehead atoms. The molecule has 4 rings (SSSR count). The van der Waals surface area contributed by atoms with Crippen LogP contribution in [0.2, 0.25) is 0 Å². The summed E-state index contributed by atoms with van der Waals surface area (Å²) in [5, 5.41) is 19.6. The van der Waals surface area contributed by atoms with Crippen molar-refractivity contribution >= 4 is 0 Å². The van der Waals surface area contributed by atoms with Crippen LogP contribution in [-0.2, 0) is 29.7 Å². The fourth-order valence-electron chi connectivity index (χ4n) is 4.36. The number of nitrogens with one attached hydrogen (secondary N) is 1.